The van der Waals surface area contributed by atoms with Gasteiger partial charge in [-0.25, -0.2) is 4.68 Å². The average Bonchev–Trinajstić information content (AvgIpc) is 3.16. The van der Waals surface area contributed by atoms with Gasteiger partial charge in [-0.05, 0) is 48.1 Å². The molecule has 1 atom stereocenters. The molecule has 4 heteroatoms. The van der Waals surface area contributed by atoms with Crippen molar-refractivity contribution in [3.63, 3.8) is 0 Å². The Morgan fingerprint density at radius 1 is 1.13 bits per heavy atom. The Balaban J connectivity index is 1.51. The smallest absolute Gasteiger partial charge is 0.0648 e. The van der Waals surface area contributed by atoms with E-state index in [0.717, 1.165) is 30.6 Å². The molecule has 1 aromatic heterocycles. The van der Waals surface area contributed by atoms with Crippen LogP contribution in [0, 0.1) is 17.3 Å². The van der Waals surface area contributed by atoms with Gasteiger partial charge in [0, 0.05) is 35.8 Å². The van der Waals surface area contributed by atoms with Gasteiger partial charge in [-0.1, -0.05) is 56.0 Å². The number of hydrogen-bond donors (Lipinski definition) is 2. The van der Waals surface area contributed by atoms with Crippen molar-refractivity contribution >= 4 is 0 Å². The molecule has 0 amide bonds. The molecular weight excluding hydrogens is 370 g/mol. The van der Waals surface area contributed by atoms with Crippen LogP contribution in [0.15, 0.2) is 60.8 Å². The summed E-state index contributed by atoms with van der Waals surface area (Å²) in [6.07, 6.45) is 4.66. The third-order valence-electron chi connectivity index (χ3n) is 5.66. The van der Waals surface area contributed by atoms with E-state index in [2.05, 4.69) is 72.1 Å². The molecule has 0 saturated carbocycles. The summed E-state index contributed by atoms with van der Waals surface area (Å²) >= 11 is 0. The zero-order chi connectivity index (χ0) is 21.0. The van der Waals surface area contributed by atoms with E-state index in [9.17, 15) is 0 Å². The predicted octanol–water partition coefficient (Wildman–Crippen LogP) is 4.41. The van der Waals surface area contributed by atoms with E-state index in [0.29, 0.717) is 6.42 Å². The first-order chi connectivity index (χ1) is 14.6. The Morgan fingerprint density at radius 3 is 2.63 bits per heavy atom. The number of aliphatic hydroxyl groups excluding tert-OH is 1. The van der Waals surface area contributed by atoms with E-state index in [1.807, 2.05) is 24.4 Å². The maximum absolute atomic E-state index is 8.84. The number of para-hydroxylation sites is 1. The Hall–Kier alpha value is -2.87. The Morgan fingerprint density at radius 2 is 1.90 bits per heavy atom. The van der Waals surface area contributed by atoms with Gasteiger partial charge in [0.05, 0.1) is 18.5 Å². The summed E-state index contributed by atoms with van der Waals surface area (Å²) in [6.45, 7) is 5.59. The Bertz CT molecular complexity index is 1040. The standard InChI is InChI=1S/C26H29N3O/c1-26(2)16-24(27-18-21-13-11-20(12-14-21)8-6-7-15-30)23-19-28-29(25(23)17-26)22-9-4-3-5-10-22/h3-5,9-14,19,24,27,30H,7,15-18H2,1-2H3. The van der Waals surface area contributed by atoms with Crippen LogP contribution in [0.3, 0.4) is 0 Å². The number of nitrogens with zero attached hydrogens (tertiary/aromatic N) is 2. The van der Waals surface area contributed by atoms with Crippen LogP contribution in [-0.2, 0) is 13.0 Å². The fourth-order valence-corrected chi connectivity index (χ4v) is 4.18. The van der Waals surface area contributed by atoms with Crippen LogP contribution >= 0.6 is 0 Å². The van der Waals surface area contributed by atoms with Gasteiger partial charge in [0.2, 0.25) is 0 Å². The lowest BCUT2D eigenvalue weighted by Gasteiger charge is -2.36. The fraction of sp³-hybridized carbons (Fsp3) is 0.346. The van der Waals surface area contributed by atoms with Crippen molar-refractivity contribution in [1.82, 2.24) is 15.1 Å². The first-order valence-electron chi connectivity index (χ1n) is 10.6. The largest absolute Gasteiger partial charge is 0.395 e. The predicted molar refractivity (Wildman–Crippen MR) is 120 cm³/mol. The minimum atomic E-state index is 0.107. The number of fused-ring (bicyclic) bond motifs is 1. The zero-order valence-electron chi connectivity index (χ0n) is 17.7. The van der Waals surface area contributed by atoms with Crippen molar-refractivity contribution < 1.29 is 5.11 Å². The molecular formula is C26H29N3O. The Labute approximate surface area is 179 Å². The van der Waals surface area contributed by atoms with Gasteiger partial charge in [0.15, 0.2) is 0 Å². The molecule has 154 valence electrons. The summed E-state index contributed by atoms with van der Waals surface area (Å²) in [4.78, 5) is 0. The van der Waals surface area contributed by atoms with Crippen LogP contribution in [0.5, 0.6) is 0 Å². The molecule has 4 rings (SSSR count). The van der Waals surface area contributed by atoms with Crippen LogP contribution in [0.1, 0.15) is 55.1 Å². The molecule has 1 heterocycles. The highest BCUT2D eigenvalue weighted by molar-refractivity contribution is 5.38. The normalized spacial score (nSPS) is 17.1. The zero-order valence-corrected chi connectivity index (χ0v) is 17.7. The van der Waals surface area contributed by atoms with E-state index in [4.69, 9.17) is 10.2 Å². The number of rotatable bonds is 5. The third kappa shape index (κ3) is 4.64. The van der Waals surface area contributed by atoms with Crippen LogP contribution in [-0.4, -0.2) is 21.5 Å². The minimum Gasteiger partial charge on any atom is -0.395 e. The van der Waals surface area contributed by atoms with Crippen molar-refractivity contribution in [2.24, 2.45) is 5.41 Å². The molecule has 1 aliphatic rings. The summed E-state index contributed by atoms with van der Waals surface area (Å²) in [6, 6.07) is 19.0. The van der Waals surface area contributed by atoms with E-state index in [-0.39, 0.29) is 18.1 Å². The second-order valence-electron chi connectivity index (χ2n) is 8.74. The highest BCUT2D eigenvalue weighted by Gasteiger charge is 2.35. The fourth-order valence-electron chi connectivity index (χ4n) is 4.18. The van der Waals surface area contributed by atoms with E-state index in [1.54, 1.807) is 0 Å². The number of hydrogen-bond acceptors (Lipinski definition) is 3. The highest BCUT2D eigenvalue weighted by Crippen LogP contribution is 2.41. The lowest BCUT2D eigenvalue weighted by Crippen LogP contribution is -2.33. The molecule has 1 unspecified atom stereocenters. The third-order valence-corrected chi connectivity index (χ3v) is 5.66. The van der Waals surface area contributed by atoms with Crippen LogP contribution in [0.4, 0.5) is 0 Å². The SMILES string of the molecule is CC1(C)Cc2c(cnn2-c2ccccc2)C(NCc2ccc(C#CCCO)cc2)C1. The number of nitrogens with one attached hydrogen (secondary N) is 1. The van der Waals surface area contributed by atoms with Crippen LogP contribution in [0.2, 0.25) is 0 Å². The molecule has 2 N–H and O–H groups in total. The molecule has 4 nitrogen and oxygen atoms in total. The maximum Gasteiger partial charge on any atom is 0.0648 e. The van der Waals surface area contributed by atoms with Gasteiger partial charge in [0.1, 0.15) is 0 Å². The second-order valence-corrected chi connectivity index (χ2v) is 8.74. The van der Waals surface area contributed by atoms with Crippen molar-refractivity contribution in [3.8, 4) is 17.5 Å². The van der Waals surface area contributed by atoms with Gasteiger partial charge >= 0.3 is 0 Å². The summed E-state index contributed by atoms with van der Waals surface area (Å²) in [5.74, 6) is 6.04. The summed E-state index contributed by atoms with van der Waals surface area (Å²) < 4.78 is 2.10. The molecule has 0 fully saturated rings. The molecule has 0 aliphatic heterocycles. The average molecular weight is 400 g/mol. The first kappa shape index (κ1) is 20.4. The molecule has 0 bridgehead atoms. The summed E-state index contributed by atoms with van der Waals surface area (Å²) in [5.41, 5.74) is 6.17. The van der Waals surface area contributed by atoms with E-state index in [1.165, 1.54) is 16.8 Å². The number of aliphatic hydroxyl groups is 1. The summed E-state index contributed by atoms with van der Waals surface area (Å²) in [5, 5.41) is 17.3. The molecule has 2 aromatic carbocycles. The first-order valence-corrected chi connectivity index (χ1v) is 10.6. The summed E-state index contributed by atoms with van der Waals surface area (Å²) in [7, 11) is 0. The molecule has 1 aliphatic carbocycles. The minimum absolute atomic E-state index is 0.107. The lowest BCUT2D eigenvalue weighted by atomic mass is 9.74. The molecule has 0 radical (unpaired) electrons. The molecule has 0 saturated heterocycles. The second kappa shape index (κ2) is 8.87. The maximum atomic E-state index is 8.84. The van der Waals surface area contributed by atoms with Gasteiger partial charge in [0.25, 0.3) is 0 Å². The lowest BCUT2D eigenvalue weighted by molar-refractivity contribution is 0.253. The number of aromatic nitrogens is 2. The monoisotopic (exact) mass is 399 g/mol. The highest BCUT2D eigenvalue weighted by atomic mass is 16.2. The molecule has 0 spiro atoms. The van der Waals surface area contributed by atoms with Crippen LogP contribution < -0.4 is 5.32 Å². The Kier molecular flexibility index (Phi) is 6.03. The topological polar surface area (TPSA) is 50.1 Å². The van der Waals surface area contributed by atoms with Gasteiger partial charge in [-0.15, -0.1) is 0 Å². The van der Waals surface area contributed by atoms with Gasteiger partial charge in [-0.3, -0.25) is 0 Å². The van der Waals surface area contributed by atoms with Crippen molar-refractivity contribution in [2.45, 2.75) is 45.7 Å². The van der Waals surface area contributed by atoms with Crippen molar-refractivity contribution in [3.05, 3.63) is 83.2 Å². The van der Waals surface area contributed by atoms with E-state index < -0.39 is 0 Å². The van der Waals surface area contributed by atoms with Crippen molar-refractivity contribution in [1.29, 1.82) is 0 Å². The molecule has 30 heavy (non-hydrogen) atoms. The molecule has 3 aromatic rings. The van der Waals surface area contributed by atoms with E-state index >= 15 is 0 Å². The van der Waals surface area contributed by atoms with Crippen LogP contribution in [0.25, 0.3) is 5.69 Å². The van der Waals surface area contributed by atoms with Gasteiger partial charge in [-0.2, -0.15) is 5.10 Å². The number of benzene rings is 2. The van der Waals surface area contributed by atoms with Crippen molar-refractivity contribution in [2.75, 3.05) is 6.61 Å². The quantitative estimate of drug-likeness (QED) is 0.625. The van der Waals surface area contributed by atoms with Gasteiger partial charge < -0.3 is 10.4 Å².